The first-order valence-corrected chi connectivity index (χ1v) is 11.5. The zero-order chi connectivity index (χ0) is 24.8. The van der Waals surface area contributed by atoms with Crippen molar-refractivity contribution in [3.63, 3.8) is 0 Å². The lowest BCUT2D eigenvalue weighted by molar-refractivity contribution is 0.104. The Morgan fingerprint density at radius 2 is 1.55 bits per heavy atom. The van der Waals surface area contributed by atoms with E-state index in [4.69, 9.17) is 14.2 Å². The summed E-state index contributed by atoms with van der Waals surface area (Å²) in [6.45, 7) is 19.7. The van der Waals surface area contributed by atoms with E-state index < -0.39 is 11.2 Å². The molecule has 0 atom stereocenters. The Labute approximate surface area is 199 Å². The highest BCUT2D eigenvalue weighted by Crippen LogP contribution is 2.38. The standard InChI is InChI=1S/C29H38O4/c1-10-11-22-14-19-26(32-28(4,5)6)24(27(22)33-29(7,8)9)17-18-25(30)21-12-15-23(16-13-21)31-20(2)3/h12-19H,2,10-11H2,1,3-9H3. The fraction of sp³-hybridized carbons (Fsp3) is 0.414. The lowest BCUT2D eigenvalue weighted by atomic mass is 10.0. The number of carbonyl (C=O) groups excluding carboxylic acids is 1. The molecule has 33 heavy (non-hydrogen) atoms. The highest BCUT2D eigenvalue weighted by atomic mass is 16.5. The topological polar surface area (TPSA) is 44.8 Å². The van der Waals surface area contributed by atoms with Crippen LogP contribution < -0.4 is 14.2 Å². The van der Waals surface area contributed by atoms with Gasteiger partial charge in [0.25, 0.3) is 0 Å². The fourth-order valence-electron chi connectivity index (χ4n) is 3.24. The van der Waals surface area contributed by atoms with Gasteiger partial charge in [-0.25, -0.2) is 0 Å². The van der Waals surface area contributed by atoms with Gasteiger partial charge in [0, 0.05) is 5.56 Å². The Morgan fingerprint density at radius 1 is 0.939 bits per heavy atom. The molecule has 0 radical (unpaired) electrons. The molecule has 0 unspecified atom stereocenters. The van der Waals surface area contributed by atoms with Crippen LogP contribution in [0.3, 0.4) is 0 Å². The third-order valence-corrected chi connectivity index (χ3v) is 4.41. The van der Waals surface area contributed by atoms with Crippen LogP contribution in [-0.4, -0.2) is 17.0 Å². The number of hydrogen-bond donors (Lipinski definition) is 0. The number of allylic oxidation sites excluding steroid dienone is 2. The second-order valence-corrected chi connectivity index (χ2v) is 10.2. The molecule has 0 saturated carbocycles. The molecule has 2 aromatic carbocycles. The number of ketones is 1. The quantitative estimate of drug-likeness (QED) is 0.222. The molecular weight excluding hydrogens is 412 g/mol. The van der Waals surface area contributed by atoms with Crippen molar-refractivity contribution in [3.8, 4) is 17.2 Å². The number of carbonyl (C=O) groups is 1. The monoisotopic (exact) mass is 450 g/mol. The van der Waals surface area contributed by atoms with Gasteiger partial charge in [-0.05, 0) is 103 Å². The molecule has 4 heteroatoms. The highest BCUT2D eigenvalue weighted by molar-refractivity contribution is 6.07. The number of benzene rings is 2. The van der Waals surface area contributed by atoms with E-state index in [9.17, 15) is 4.79 Å². The van der Waals surface area contributed by atoms with Crippen LogP contribution in [0.5, 0.6) is 17.2 Å². The average molecular weight is 451 g/mol. The highest BCUT2D eigenvalue weighted by Gasteiger charge is 2.22. The summed E-state index contributed by atoms with van der Waals surface area (Å²) in [6, 6.07) is 11.1. The first-order valence-electron chi connectivity index (χ1n) is 11.5. The van der Waals surface area contributed by atoms with Crippen LogP contribution in [0.2, 0.25) is 0 Å². The molecule has 0 spiro atoms. The van der Waals surface area contributed by atoms with Crippen molar-refractivity contribution in [2.75, 3.05) is 0 Å². The predicted molar refractivity (Wildman–Crippen MR) is 136 cm³/mol. The van der Waals surface area contributed by atoms with Gasteiger partial charge < -0.3 is 14.2 Å². The molecule has 2 rings (SSSR count). The van der Waals surface area contributed by atoms with E-state index in [-0.39, 0.29) is 5.78 Å². The maximum Gasteiger partial charge on any atom is 0.185 e. The molecule has 178 valence electrons. The van der Waals surface area contributed by atoms with Gasteiger partial charge in [-0.15, -0.1) is 0 Å². The fourth-order valence-corrected chi connectivity index (χ4v) is 3.24. The maximum atomic E-state index is 12.9. The van der Waals surface area contributed by atoms with Crippen molar-refractivity contribution in [2.24, 2.45) is 0 Å². The third kappa shape index (κ3) is 8.45. The van der Waals surface area contributed by atoms with Crippen LogP contribution in [0, 0.1) is 0 Å². The molecule has 2 aromatic rings. The van der Waals surface area contributed by atoms with Crippen molar-refractivity contribution in [1.82, 2.24) is 0 Å². The Morgan fingerprint density at radius 3 is 2.06 bits per heavy atom. The van der Waals surface area contributed by atoms with Gasteiger partial charge in [-0.2, -0.15) is 0 Å². The summed E-state index contributed by atoms with van der Waals surface area (Å²) in [5.41, 5.74) is 1.66. The molecule has 0 heterocycles. The molecule has 0 N–H and O–H groups in total. The summed E-state index contributed by atoms with van der Waals surface area (Å²) in [7, 11) is 0. The minimum atomic E-state index is -0.394. The average Bonchev–Trinajstić information content (AvgIpc) is 2.67. The SMILES string of the molecule is C=C(C)Oc1ccc(C(=O)C=Cc2c(OC(C)(C)C)ccc(CCC)c2OC(C)(C)C)cc1. The van der Waals surface area contributed by atoms with E-state index in [0.717, 1.165) is 29.7 Å². The van der Waals surface area contributed by atoms with Gasteiger partial charge in [0.15, 0.2) is 5.78 Å². The van der Waals surface area contributed by atoms with E-state index in [2.05, 4.69) is 19.6 Å². The van der Waals surface area contributed by atoms with Crippen molar-refractivity contribution < 1.29 is 19.0 Å². The molecule has 0 amide bonds. The van der Waals surface area contributed by atoms with Gasteiger partial charge in [-0.1, -0.05) is 26.0 Å². The summed E-state index contributed by atoms with van der Waals surface area (Å²) in [5, 5.41) is 0. The molecular formula is C29H38O4. The normalized spacial score (nSPS) is 12.0. The molecule has 0 aromatic heterocycles. The molecule has 0 aliphatic heterocycles. The number of hydrogen-bond acceptors (Lipinski definition) is 4. The molecule has 0 aliphatic rings. The van der Waals surface area contributed by atoms with Gasteiger partial charge in [-0.3, -0.25) is 4.79 Å². The maximum absolute atomic E-state index is 12.9. The smallest absolute Gasteiger partial charge is 0.185 e. The van der Waals surface area contributed by atoms with Crippen molar-refractivity contribution in [1.29, 1.82) is 0 Å². The minimum absolute atomic E-state index is 0.110. The molecule has 0 fully saturated rings. The summed E-state index contributed by atoms with van der Waals surface area (Å²) in [4.78, 5) is 12.9. The van der Waals surface area contributed by atoms with Gasteiger partial charge in [0.1, 0.15) is 28.5 Å². The predicted octanol–water partition coefficient (Wildman–Crippen LogP) is 7.80. The van der Waals surface area contributed by atoms with Crippen LogP contribution >= 0.6 is 0 Å². The van der Waals surface area contributed by atoms with Crippen molar-refractivity contribution in [3.05, 3.63) is 71.5 Å². The molecule has 0 saturated heterocycles. The van der Waals surface area contributed by atoms with E-state index in [0.29, 0.717) is 22.8 Å². The first-order chi connectivity index (χ1) is 15.3. The van der Waals surface area contributed by atoms with Crippen LogP contribution in [-0.2, 0) is 6.42 Å². The first kappa shape index (κ1) is 26.2. The lowest BCUT2D eigenvalue weighted by Crippen LogP contribution is -2.26. The number of ether oxygens (including phenoxy) is 3. The van der Waals surface area contributed by atoms with E-state index in [1.807, 2.05) is 53.7 Å². The Bertz CT molecular complexity index is 1000. The molecule has 0 bridgehead atoms. The van der Waals surface area contributed by atoms with Crippen LogP contribution in [0.4, 0.5) is 0 Å². The van der Waals surface area contributed by atoms with Crippen molar-refractivity contribution >= 4 is 11.9 Å². The Balaban J connectivity index is 2.49. The number of aryl methyl sites for hydroxylation is 1. The van der Waals surface area contributed by atoms with Crippen molar-refractivity contribution in [2.45, 2.75) is 79.4 Å². The largest absolute Gasteiger partial charge is 0.487 e. The lowest BCUT2D eigenvalue weighted by Gasteiger charge is -2.28. The third-order valence-electron chi connectivity index (χ3n) is 4.41. The second-order valence-electron chi connectivity index (χ2n) is 10.2. The summed E-state index contributed by atoms with van der Waals surface area (Å²) < 4.78 is 18.1. The molecule has 4 nitrogen and oxygen atoms in total. The van der Waals surface area contributed by atoms with Crippen LogP contribution in [0.25, 0.3) is 6.08 Å². The van der Waals surface area contributed by atoms with Crippen LogP contribution in [0.1, 0.15) is 83.3 Å². The Hall–Kier alpha value is -3.01. The minimum Gasteiger partial charge on any atom is -0.487 e. The molecule has 0 aliphatic carbocycles. The van der Waals surface area contributed by atoms with E-state index in [1.54, 1.807) is 37.3 Å². The number of rotatable bonds is 9. The van der Waals surface area contributed by atoms with E-state index in [1.165, 1.54) is 0 Å². The summed E-state index contributed by atoms with van der Waals surface area (Å²) in [6.07, 6.45) is 5.24. The summed E-state index contributed by atoms with van der Waals surface area (Å²) in [5.74, 6) is 2.59. The van der Waals surface area contributed by atoms with Gasteiger partial charge in [0.05, 0.1) is 11.3 Å². The summed E-state index contributed by atoms with van der Waals surface area (Å²) >= 11 is 0. The van der Waals surface area contributed by atoms with Gasteiger partial charge >= 0.3 is 0 Å². The van der Waals surface area contributed by atoms with E-state index >= 15 is 0 Å². The van der Waals surface area contributed by atoms with Gasteiger partial charge in [0.2, 0.25) is 0 Å². The van der Waals surface area contributed by atoms with Crippen LogP contribution in [0.15, 0.2) is 54.8 Å². The zero-order valence-electron chi connectivity index (χ0n) is 21.4. The Kier molecular flexibility index (Phi) is 8.54. The second kappa shape index (κ2) is 10.7. The zero-order valence-corrected chi connectivity index (χ0v) is 21.4.